The van der Waals surface area contributed by atoms with Gasteiger partial charge < -0.3 is 14.8 Å². The van der Waals surface area contributed by atoms with E-state index in [1.54, 1.807) is 25.6 Å². The maximum atomic E-state index is 5.37. The number of rotatable bonds is 5. The highest BCUT2D eigenvalue weighted by molar-refractivity contribution is 7.10. The summed E-state index contributed by atoms with van der Waals surface area (Å²) in [7, 11) is 3.31. The van der Waals surface area contributed by atoms with Gasteiger partial charge in [0.2, 0.25) is 0 Å². The normalized spacial score (nSPS) is 11.9. The molecule has 4 heteroatoms. The van der Waals surface area contributed by atoms with Crippen LogP contribution in [-0.4, -0.2) is 14.2 Å². The number of nitrogens with one attached hydrogen (secondary N) is 1. The van der Waals surface area contributed by atoms with Crippen molar-refractivity contribution in [1.29, 1.82) is 0 Å². The molecule has 1 atom stereocenters. The smallest absolute Gasteiger partial charge is 0.145 e. The summed E-state index contributed by atoms with van der Waals surface area (Å²) in [5, 5.41) is 5.53. The SMILES string of the molecule is COc1ccc(NC(C)c2cccs2)c(OC)c1. The molecule has 0 amide bonds. The largest absolute Gasteiger partial charge is 0.497 e. The maximum Gasteiger partial charge on any atom is 0.145 e. The predicted molar refractivity (Wildman–Crippen MR) is 75.9 cm³/mol. The summed E-state index contributed by atoms with van der Waals surface area (Å²) in [4.78, 5) is 1.30. The van der Waals surface area contributed by atoms with Gasteiger partial charge in [0.15, 0.2) is 0 Å². The molecule has 1 aromatic carbocycles. The predicted octanol–water partition coefficient (Wildman–Crippen LogP) is 3.94. The highest BCUT2D eigenvalue weighted by Crippen LogP contribution is 2.32. The first-order valence-corrected chi connectivity index (χ1v) is 6.64. The molecular weight excluding hydrogens is 246 g/mol. The van der Waals surface area contributed by atoms with E-state index in [0.29, 0.717) is 0 Å². The Labute approximate surface area is 111 Å². The monoisotopic (exact) mass is 263 g/mol. The molecule has 0 saturated heterocycles. The molecule has 0 aliphatic rings. The summed E-state index contributed by atoms with van der Waals surface area (Å²) < 4.78 is 10.6. The van der Waals surface area contributed by atoms with E-state index in [9.17, 15) is 0 Å². The van der Waals surface area contributed by atoms with Crippen LogP contribution in [0.1, 0.15) is 17.8 Å². The van der Waals surface area contributed by atoms with Crippen molar-refractivity contribution in [3.8, 4) is 11.5 Å². The molecule has 0 fully saturated rings. The molecule has 0 radical (unpaired) electrons. The lowest BCUT2D eigenvalue weighted by atomic mass is 10.2. The molecule has 1 aromatic heterocycles. The van der Waals surface area contributed by atoms with Crippen LogP contribution in [0.15, 0.2) is 35.7 Å². The second-order valence-electron chi connectivity index (χ2n) is 3.95. The van der Waals surface area contributed by atoms with E-state index in [1.807, 2.05) is 18.2 Å². The third-order valence-electron chi connectivity index (χ3n) is 2.75. The fourth-order valence-electron chi connectivity index (χ4n) is 1.76. The van der Waals surface area contributed by atoms with Crippen LogP contribution < -0.4 is 14.8 Å². The minimum Gasteiger partial charge on any atom is -0.497 e. The van der Waals surface area contributed by atoms with Gasteiger partial charge in [-0.3, -0.25) is 0 Å². The van der Waals surface area contributed by atoms with Gasteiger partial charge in [-0.2, -0.15) is 0 Å². The Balaban J connectivity index is 2.18. The van der Waals surface area contributed by atoms with E-state index in [-0.39, 0.29) is 6.04 Å². The van der Waals surface area contributed by atoms with Crippen LogP contribution in [0.3, 0.4) is 0 Å². The van der Waals surface area contributed by atoms with E-state index in [4.69, 9.17) is 9.47 Å². The average molecular weight is 263 g/mol. The van der Waals surface area contributed by atoms with Gasteiger partial charge in [0, 0.05) is 10.9 Å². The Hall–Kier alpha value is -1.68. The molecule has 1 N–H and O–H groups in total. The quantitative estimate of drug-likeness (QED) is 0.886. The van der Waals surface area contributed by atoms with Crippen LogP contribution in [0.5, 0.6) is 11.5 Å². The van der Waals surface area contributed by atoms with Crippen molar-refractivity contribution in [3.63, 3.8) is 0 Å². The summed E-state index contributed by atoms with van der Waals surface area (Å²) in [5.41, 5.74) is 0.971. The van der Waals surface area contributed by atoms with Gasteiger partial charge in [0.25, 0.3) is 0 Å². The minimum absolute atomic E-state index is 0.257. The lowest BCUT2D eigenvalue weighted by Gasteiger charge is -2.17. The zero-order chi connectivity index (χ0) is 13.0. The highest BCUT2D eigenvalue weighted by Gasteiger charge is 2.10. The number of ether oxygens (including phenoxy) is 2. The third kappa shape index (κ3) is 2.76. The molecule has 3 nitrogen and oxygen atoms in total. The zero-order valence-electron chi connectivity index (χ0n) is 10.8. The highest BCUT2D eigenvalue weighted by atomic mass is 32.1. The van der Waals surface area contributed by atoms with Crippen molar-refractivity contribution in [2.75, 3.05) is 19.5 Å². The number of thiophene rings is 1. The Morgan fingerprint density at radius 2 is 2.00 bits per heavy atom. The molecule has 0 aliphatic heterocycles. The fourth-order valence-corrected chi connectivity index (χ4v) is 2.49. The van der Waals surface area contributed by atoms with Gasteiger partial charge in [-0.15, -0.1) is 11.3 Å². The van der Waals surface area contributed by atoms with Gasteiger partial charge in [0.1, 0.15) is 11.5 Å². The lowest BCUT2D eigenvalue weighted by Crippen LogP contribution is -2.06. The van der Waals surface area contributed by atoms with E-state index in [0.717, 1.165) is 17.2 Å². The van der Waals surface area contributed by atoms with Crippen LogP contribution in [0.25, 0.3) is 0 Å². The number of anilines is 1. The standard InChI is InChI=1S/C14H17NO2S/c1-10(14-5-4-8-18-14)15-12-7-6-11(16-2)9-13(12)17-3/h4-10,15H,1-3H3. The first-order valence-electron chi connectivity index (χ1n) is 5.76. The summed E-state index contributed by atoms with van der Waals surface area (Å²) >= 11 is 1.74. The maximum absolute atomic E-state index is 5.37. The Bertz CT molecular complexity index is 497. The molecule has 0 saturated carbocycles. The Morgan fingerprint density at radius 3 is 2.61 bits per heavy atom. The number of hydrogen-bond acceptors (Lipinski definition) is 4. The Kier molecular flexibility index (Phi) is 4.10. The van der Waals surface area contributed by atoms with Crippen LogP contribution in [0.4, 0.5) is 5.69 Å². The van der Waals surface area contributed by atoms with Gasteiger partial charge >= 0.3 is 0 Å². The summed E-state index contributed by atoms with van der Waals surface area (Å²) in [6, 6.07) is 10.2. The van der Waals surface area contributed by atoms with E-state index < -0.39 is 0 Å². The van der Waals surface area contributed by atoms with Crippen molar-refractivity contribution in [2.24, 2.45) is 0 Å². The molecule has 2 aromatic rings. The summed E-state index contributed by atoms with van der Waals surface area (Å²) in [6.07, 6.45) is 0. The van der Waals surface area contributed by atoms with E-state index in [2.05, 4.69) is 29.8 Å². The number of benzene rings is 1. The van der Waals surface area contributed by atoms with Gasteiger partial charge in [-0.25, -0.2) is 0 Å². The molecule has 18 heavy (non-hydrogen) atoms. The topological polar surface area (TPSA) is 30.5 Å². The van der Waals surface area contributed by atoms with Gasteiger partial charge in [0.05, 0.1) is 25.9 Å². The number of hydrogen-bond donors (Lipinski definition) is 1. The van der Waals surface area contributed by atoms with Crippen molar-refractivity contribution in [3.05, 3.63) is 40.6 Å². The van der Waals surface area contributed by atoms with Crippen molar-refractivity contribution in [1.82, 2.24) is 0 Å². The molecular formula is C14H17NO2S. The molecule has 1 heterocycles. The second-order valence-corrected chi connectivity index (χ2v) is 4.93. The second kappa shape index (κ2) is 5.78. The average Bonchev–Trinajstić information content (AvgIpc) is 2.93. The first-order chi connectivity index (χ1) is 8.74. The van der Waals surface area contributed by atoms with Crippen LogP contribution in [0.2, 0.25) is 0 Å². The molecule has 0 spiro atoms. The minimum atomic E-state index is 0.257. The Morgan fingerprint density at radius 1 is 1.17 bits per heavy atom. The molecule has 96 valence electrons. The van der Waals surface area contributed by atoms with Crippen molar-refractivity contribution >= 4 is 17.0 Å². The van der Waals surface area contributed by atoms with Crippen LogP contribution in [0, 0.1) is 0 Å². The van der Waals surface area contributed by atoms with Crippen LogP contribution in [-0.2, 0) is 0 Å². The van der Waals surface area contributed by atoms with Gasteiger partial charge in [-0.05, 0) is 30.5 Å². The lowest BCUT2D eigenvalue weighted by molar-refractivity contribution is 0.395. The fraction of sp³-hybridized carbons (Fsp3) is 0.286. The third-order valence-corrected chi connectivity index (χ3v) is 3.81. The van der Waals surface area contributed by atoms with Crippen molar-refractivity contribution < 1.29 is 9.47 Å². The summed E-state index contributed by atoms with van der Waals surface area (Å²) in [6.45, 7) is 2.13. The van der Waals surface area contributed by atoms with Crippen molar-refractivity contribution in [2.45, 2.75) is 13.0 Å². The molecule has 1 unspecified atom stereocenters. The van der Waals surface area contributed by atoms with E-state index in [1.165, 1.54) is 4.88 Å². The van der Waals surface area contributed by atoms with Gasteiger partial charge in [-0.1, -0.05) is 6.07 Å². The molecule has 2 rings (SSSR count). The van der Waals surface area contributed by atoms with Crippen LogP contribution >= 0.6 is 11.3 Å². The summed E-state index contributed by atoms with van der Waals surface area (Å²) in [5.74, 6) is 1.58. The van der Waals surface area contributed by atoms with E-state index >= 15 is 0 Å². The molecule has 0 aliphatic carbocycles. The zero-order valence-corrected chi connectivity index (χ0v) is 11.6. The molecule has 0 bridgehead atoms. The first kappa shape index (κ1) is 12.8. The number of methoxy groups -OCH3 is 2.